The van der Waals surface area contributed by atoms with Crippen LogP contribution in [0.15, 0.2) is 46.4 Å². The van der Waals surface area contributed by atoms with Gasteiger partial charge in [0.15, 0.2) is 9.84 Å². The lowest BCUT2D eigenvalue weighted by Gasteiger charge is -2.13. The van der Waals surface area contributed by atoms with Gasteiger partial charge in [0.05, 0.1) is 25.5 Å². The fraction of sp³-hybridized carbons (Fsp3) is 0.250. The number of nitrogens with zero attached hydrogens (tertiary/aromatic N) is 1. The Hall–Kier alpha value is -1.90. The number of sulfone groups is 1. The van der Waals surface area contributed by atoms with Crippen LogP contribution < -0.4 is 5.32 Å². The molecule has 6 nitrogen and oxygen atoms in total. The van der Waals surface area contributed by atoms with Gasteiger partial charge in [-0.2, -0.15) is 0 Å². The van der Waals surface area contributed by atoms with E-state index in [2.05, 4.69) is 10.5 Å². The number of rotatable bonds is 5. The monoisotopic (exact) mass is 398 g/mol. The Balaban J connectivity index is 1.73. The van der Waals surface area contributed by atoms with E-state index in [1.807, 2.05) is 6.07 Å². The fourth-order valence-corrected chi connectivity index (χ4v) is 4.43. The van der Waals surface area contributed by atoms with Crippen LogP contribution in [-0.2, 0) is 19.5 Å². The first kappa shape index (κ1) is 17.9. The molecule has 0 aliphatic carbocycles. The maximum atomic E-state index is 12.4. The second kappa shape index (κ2) is 7.15. The van der Waals surface area contributed by atoms with Gasteiger partial charge in [-0.05, 0) is 24.3 Å². The summed E-state index contributed by atoms with van der Waals surface area (Å²) in [5, 5.41) is 6.57. The molecule has 0 fully saturated rings. The molecule has 0 saturated heterocycles. The van der Waals surface area contributed by atoms with E-state index in [0.29, 0.717) is 16.5 Å². The van der Waals surface area contributed by atoms with Crippen molar-refractivity contribution in [2.75, 3.05) is 11.1 Å². The Kier molecular flexibility index (Phi) is 5.12. The Bertz CT molecular complexity index is 937. The molecule has 0 saturated carbocycles. The predicted octanol–water partition coefficient (Wildman–Crippen LogP) is 3.33. The maximum Gasteiger partial charge on any atom is 0.268 e. The average molecular weight is 399 g/mol. The molecule has 1 unspecified atom stereocenters. The molecule has 1 amide bonds. The predicted molar refractivity (Wildman–Crippen MR) is 98.2 cm³/mol. The SMILES string of the molecule is CCS(=O)(=O)c1ccccc1NC(=O)C1CC(c2ccc(Cl)s2)=NO1. The van der Waals surface area contributed by atoms with Crippen molar-refractivity contribution in [1.82, 2.24) is 0 Å². The van der Waals surface area contributed by atoms with Crippen molar-refractivity contribution < 1.29 is 18.0 Å². The van der Waals surface area contributed by atoms with Crippen LogP contribution in [0.25, 0.3) is 0 Å². The molecular formula is C16H15ClN2O4S2. The second-order valence-electron chi connectivity index (χ2n) is 5.33. The highest BCUT2D eigenvalue weighted by molar-refractivity contribution is 7.91. The summed E-state index contributed by atoms with van der Waals surface area (Å²) in [5.74, 6) is -0.494. The van der Waals surface area contributed by atoms with Crippen molar-refractivity contribution in [3.05, 3.63) is 45.6 Å². The van der Waals surface area contributed by atoms with Crippen LogP contribution >= 0.6 is 22.9 Å². The Morgan fingerprint density at radius 2 is 2.12 bits per heavy atom. The van der Waals surface area contributed by atoms with Gasteiger partial charge >= 0.3 is 0 Å². The number of amides is 1. The number of thiophene rings is 1. The number of para-hydroxylation sites is 1. The summed E-state index contributed by atoms with van der Waals surface area (Å²) in [6.45, 7) is 1.56. The zero-order valence-electron chi connectivity index (χ0n) is 13.2. The molecule has 9 heteroatoms. The number of benzene rings is 1. The van der Waals surface area contributed by atoms with E-state index >= 15 is 0 Å². The van der Waals surface area contributed by atoms with Crippen LogP contribution in [0.4, 0.5) is 5.69 Å². The van der Waals surface area contributed by atoms with E-state index in [0.717, 1.165) is 4.88 Å². The number of halogens is 1. The van der Waals surface area contributed by atoms with Gasteiger partial charge in [0, 0.05) is 6.42 Å². The van der Waals surface area contributed by atoms with Crippen LogP contribution in [0.2, 0.25) is 4.34 Å². The molecule has 1 aromatic heterocycles. The Morgan fingerprint density at radius 3 is 2.80 bits per heavy atom. The highest BCUT2D eigenvalue weighted by Crippen LogP contribution is 2.27. The van der Waals surface area contributed by atoms with Crippen molar-refractivity contribution >= 4 is 50.1 Å². The second-order valence-corrected chi connectivity index (χ2v) is 9.29. The number of nitrogens with one attached hydrogen (secondary N) is 1. The summed E-state index contributed by atoms with van der Waals surface area (Å²) >= 11 is 7.26. The minimum absolute atomic E-state index is 0.0494. The van der Waals surface area contributed by atoms with Crippen molar-refractivity contribution in [2.45, 2.75) is 24.3 Å². The normalized spacial score (nSPS) is 17.0. The average Bonchev–Trinajstić information content (AvgIpc) is 3.24. The van der Waals surface area contributed by atoms with Crippen LogP contribution in [0.3, 0.4) is 0 Å². The highest BCUT2D eigenvalue weighted by atomic mass is 35.5. The lowest BCUT2D eigenvalue weighted by Crippen LogP contribution is -2.28. The van der Waals surface area contributed by atoms with Crippen LogP contribution in [-0.4, -0.2) is 31.9 Å². The topological polar surface area (TPSA) is 84.8 Å². The van der Waals surface area contributed by atoms with E-state index in [1.165, 1.54) is 17.4 Å². The van der Waals surface area contributed by atoms with Crippen LogP contribution in [0.1, 0.15) is 18.2 Å². The first-order valence-electron chi connectivity index (χ1n) is 7.51. The summed E-state index contributed by atoms with van der Waals surface area (Å²) in [6, 6.07) is 9.87. The molecule has 0 radical (unpaired) electrons. The quantitative estimate of drug-likeness (QED) is 0.837. The van der Waals surface area contributed by atoms with Crippen molar-refractivity contribution in [3.63, 3.8) is 0 Å². The summed E-state index contributed by atoms with van der Waals surface area (Å²) in [4.78, 5) is 18.6. The molecule has 3 rings (SSSR count). The molecule has 0 spiro atoms. The number of anilines is 1. The molecule has 2 heterocycles. The third-order valence-corrected chi connectivity index (χ3v) is 6.75. The lowest BCUT2D eigenvalue weighted by atomic mass is 10.1. The van der Waals surface area contributed by atoms with Gasteiger partial charge in [-0.3, -0.25) is 4.79 Å². The van der Waals surface area contributed by atoms with E-state index < -0.39 is 21.8 Å². The molecule has 2 aromatic rings. The first-order valence-corrected chi connectivity index (χ1v) is 10.4. The molecule has 132 valence electrons. The van der Waals surface area contributed by atoms with Crippen molar-refractivity contribution in [1.29, 1.82) is 0 Å². The zero-order valence-corrected chi connectivity index (χ0v) is 15.6. The number of hydrogen-bond donors (Lipinski definition) is 1. The molecule has 1 N–H and O–H groups in total. The maximum absolute atomic E-state index is 12.4. The van der Waals surface area contributed by atoms with E-state index in [1.54, 1.807) is 31.2 Å². The summed E-state index contributed by atoms with van der Waals surface area (Å²) in [6.07, 6.45) is -0.515. The smallest absolute Gasteiger partial charge is 0.268 e. The fourth-order valence-electron chi connectivity index (χ4n) is 2.34. The number of carbonyl (C=O) groups excluding carboxylic acids is 1. The standard InChI is InChI=1S/C16H15ClN2O4S2/c1-2-25(21,22)14-6-4-3-5-10(14)18-16(20)12-9-11(19-23-12)13-7-8-15(17)24-13/h3-8,12H,2,9H2,1H3,(H,18,20). The summed E-state index contributed by atoms with van der Waals surface area (Å²) in [5.41, 5.74) is 0.886. The molecule has 25 heavy (non-hydrogen) atoms. The minimum atomic E-state index is -3.45. The number of carbonyl (C=O) groups is 1. The molecule has 1 aliphatic rings. The van der Waals surface area contributed by atoms with Gasteiger partial charge in [0.2, 0.25) is 6.10 Å². The Labute approximate surface area is 154 Å². The van der Waals surface area contributed by atoms with Crippen molar-refractivity contribution in [2.24, 2.45) is 5.16 Å². The van der Waals surface area contributed by atoms with Gasteiger partial charge in [0.1, 0.15) is 5.71 Å². The molecule has 1 aliphatic heterocycles. The Morgan fingerprint density at radius 1 is 1.36 bits per heavy atom. The zero-order chi connectivity index (χ0) is 18.0. The lowest BCUT2D eigenvalue weighted by molar-refractivity contribution is -0.125. The molecule has 1 atom stereocenters. The first-order chi connectivity index (χ1) is 11.9. The van der Waals surface area contributed by atoms with Gasteiger partial charge in [-0.25, -0.2) is 8.42 Å². The van der Waals surface area contributed by atoms with Crippen LogP contribution in [0.5, 0.6) is 0 Å². The number of oxime groups is 1. The van der Waals surface area contributed by atoms with E-state index in [4.69, 9.17) is 16.4 Å². The third kappa shape index (κ3) is 3.86. The minimum Gasteiger partial charge on any atom is -0.382 e. The summed E-state index contributed by atoms with van der Waals surface area (Å²) in [7, 11) is -3.45. The van der Waals surface area contributed by atoms with E-state index in [-0.39, 0.29) is 16.3 Å². The molecule has 1 aromatic carbocycles. The van der Waals surface area contributed by atoms with Gasteiger partial charge in [-0.15, -0.1) is 11.3 Å². The van der Waals surface area contributed by atoms with Gasteiger partial charge in [0.25, 0.3) is 5.91 Å². The van der Waals surface area contributed by atoms with Crippen LogP contribution in [0, 0.1) is 0 Å². The summed E-state index contributed by atoms with van der Waals surface area (Å²) < 4.78 is 24.9. The van der Waals surface area contributed by atoms with Crippen molar-refractivity contribution in [3.8, 4) is 0 Å². The highest BCUT2D eigenvalue weighted by Gasteiger charge is 2.30. The van der Waals surface area contributed by atoms with Gasteiger partial charge in [-0.1, -0.05) is 35.8 Å². The largest absolute Gasteiger partial charge is 0.382 e. The molecule has 0 bridgehead atoms. The van der Waals surface area contributed by atoms with Gasteiger partial charge < -0.3 is 10.2 Å². The third-order valence-electron chi connectivity index (χ3n) is 3.68. The number of hydrogen-bond acceptors (Lipinski definition) is 6. The van der Waals surface area contributed by atoms with E-state index in [9.17, 15) is 13.2 Å². The molecular weight excluding hydrogens is 384 g/mol.